The third kappa shape index (κ3) is 5.51. The minimum atomic E-state index is -0.170. The molecular weight excluding hydrogens is 396 g/mol. The van der Waals surface area contributed by atoms with Crippen LogP contribution >= 0.6 is 11.8 Å². The van der Waals surface area contributed by atoms with E-state index < -0.39 is 0 Å². The summed E-state index contributed by atoms with van der Waals surface area (Å²) in [5.41, 5.74) is 0.679. The predicted molar refractivity (Wildman–Crippen MR) is 123 cm³/mol. The van der Waals surface area contributed by atoms with E-state index >= 15 is 0 Å². The fraction of sp³-hybridized carbons (Fsp3) is 0.667. The standard InChI is InChI=1S/C24H36N2O3S/c1-3-4-5-6-7-8-12-22(27)25-15-13-24(14-16-25)26(17-18-30-24)23(28)20-10-9-11-21(19-20)29-2/h9-11,19H,3-8,12-18H2,1-2H3. The highest BCUT2D eigenvalue weighted by atomic mass is 32.2. The molecular formula is C24H36N2O3S. The van der Waals surface area contributed by atoms with Gasteiger partial charge in [-0.15, -0.1) is 11.8 Å². The van der Waals surface area contributed by atoms with Gasteiger partial charge in [0, 0.05) is 37.4 Å². The van der Waals surface area contributed by atoms with Gasteiger partial charge in [-0.1, -0.05) is 45.1 Å². The molecule has 1 aromatic carbocycles. The molecule has 2 fully saturated rings. The lowest BCUT2D eigenvalue weighted by Gasteiger charge is -2.44. The van der Waals surface area contributed by atoms with Gasteiger partial charge in [0.25, 0.3) is 5.91 Å². The molecule has 2 aliphatic heterocycles. The summed E-state index contributed by atoms with van der Waals surface area (Å²) >= 11 is 1.89. The molecule has 2 amide bonds. The molecule has 1 spiro atoms. The van der Waals surface area contributed by atoms with Gasteiger partial charge >= 0.3 is 0 Å². The number of rotatable bonds is 9. The van der Waals surface area contributed by atoms with Gasteiger partial charge < -0.3 is 14.5 Å². The number of nitrogens with zero attached hydrogens (tertiary/aromatic N) is 2. The van der Waals surface area contributed by atoms with Crippen LogP contribution in [0.3, 0.4) is 0 Å². The van der Waals surface area contributed by atoms with E-state index in [0.717, 1.165) is 51.1 Å². The number of carbonyl (C=O) groups is 2. The number of thioether (sulfide) groups is 1. The van der Waals surface area contributed by atoms with Crippen molar-refractivity contribution < 1.29 is 14.3 Å². The molecule has 0 radical (unpaired) electrons. The number of likely N-dealkylation sites (tertiary alicyclic amines) is 1. The smallest absolute Gasteiger partial charge is 0.255 e. The molecule has 2 heterocycles. The summed E-state index contributed by atoms with van der Waals surface area (Å²) in [4.78, 5) is 29.7. The largest absolute Gasteiger partial charge is 0.497 e. The predicted octanol–water partition coefficient (Wildman–Crippen LogP) is 4.95. The summed E-state index contributed by atoms with van der Waals surface area (Å²) in [5, 5.41) is 0. The highest BCUT2D eigenvalue weighted by molar-refractivity contribution is 8.00. The molecule has 2 aliphatic rings. The molecule has 0 atom stereocenters. The Bertz CT molecular complexity index is 716. The molecule has 0 bridgehead atoms. The molecule has 0 aliphatic carbocycles. The number of carbonyl (C=O) groups excluding carboxylic acids is 2. The van der Waals surface area contributed by atoms with Crippen molar-refractivity contribution in [3.05, 3.63) is 29.8 Å². The lowest BCUT2D eigenvalue weighted by Crippen LogP contribution is -2.53. The van der Waals surface area contributed by atoms with Crippen molar-refractivity contribution >= 4 is 23.6 Å². The number of methoxy groups -OCH3 is 1. The first-order valence-corrected chi connectivity index (χ1v) is 12.5. The first-order chi connectivity index (χ1) is 14.6. The van der Waals surface area contributed by atoms with Gasteiger partial charge in [0.1, 0.15) is 5.75 Å². The van der Waals surface area contributed by atoms with Crippen molar-refractivity contribution in [2.24, 2.45) is 0 Å². The third-order valence-electron chi connectivity index (χ3n) is 6.38. The van der Waals surface area contributed by atoms with Crippen LogP contribution < -0.4 is 4.74 Å². The van der Waals surface area contributed by atoms with Gasteiger partial charge in [0.2, 0.25) is 5.91 Å². The number of piperidine rings is 1. The first kappa shape index (κ1) is 23.0. The van der Waals surface area contributed by atoms with E-state index in [1.807, 2.05) is 45.8 Å². The van der Waals surface area contributed by atoms with E-state index in [2.05, 4.69) is 6.92 Å². The molecule has 0 unspecified atom stereocenters. The Morgan fingerprint density at radius 3 is 2.53 bits per heavy atom. The molecule has 166 valence electrons. The summed E-state index contributed by atoms with van der Waals surface area (Å²) in [6, 6.07) is 7.41. The van der Waals surface area contributed by atoms with Gasteiger partial charge in [-0.25, -0.2) is 0 Å². The van der Waals surface area contributed by atoms with E-state index in [9.17, 15) is 9.59 Å². The summed E-state index contributed by atoms with van der Waals surface area (Å²) in [5.74, 6) is 2.03. The van der Waals surface area contributed by atoms with Crippen LogP contribution in [0.25, 0.3) is 0 Å². The van der Waals surface area contributed by atoms with Crippen LogP contribution in [0.15, 0.2) is 24.3 Å². The van der Waals surface area contributed by atoms with Crippen molar-refractivity contribution in [1.29, 1.82) is 0 Å². The van der Waals surface area contributed by atoms with Gasteiger partial charge in [0.15, 0.2) is 0 Å². The van der Waals surface area contributed by atoms with Crippen molar-refractivity contribution in [3.8, 4) is 5.75 Å². The Morgan fingerprint density at radius 2 is 1.80 bits per heavy atom. The quantitative estimate of drug-likeness (QED) is 0.518. The maximum absolute atomic E-state index is 13.2. The fourth-order valence-electron chi connectivity index (χ4n) is 4.54. The van der Waals surface area contributed by atoms with Gasteiger partial charge in [-0.3, -0.25) is 9.59 Å². The van der Waals surface area contributed by atoms with Gasteiger partial charge in [-0.2, -0.15) is 0 Å². The average molecular weight is 433 g/mol. The van der Waals surface area contributed by atoms with Crippen LogP contribution in [-0.2, 0) is 4.79 Å². The summed E-state index contributed by atoms with van der Waals surface area (Å²) < 4.78 is 5.28. The zero-order chi connectivity index (χ0) is 21.4. The molecule has 3 rings (SSSR count). The maximum atomic E-state index is 13.2. The van der Waals surface area contributed by atoms with Gasteiger partial charge in [0.05, 0.1) is 12.0 Å². The average Bonchev–Trinajstić information content (AvgIpc) is 3.18. The van der Waals surface area contributed by atoms with Crippen LogP contribution in [0.1, 0.15) is 75.1 Å². The van der Waals surface area contributed by atoms with Crippen molar-refractivity contribution in [2.75, 3.05) is 32.5 Å². The third-order valence-corrected chi connectivity index (χ3v) is 7.93. The van der Waals surface area contributed by atoms with Crippen LogP contribution in [0.5, 0.6) is 5.75 Å². The molecule has 6 heteroatoms. The van der Waals surface area contributed by atoms with E-state index in [4.69, 9.17) is 4.74 Å². The van der Waals surface area contributed by atoms with Gasteiger partial charge in [-0.05, 0) is 37.5 Å². The van der Waals surface area contributed by atoms with Crippen LogP contribution in [0, 0.1) is 0 Å². The van der Waals surface area contributed by atoms with Crippen LogP contribution in [0.2, 0.25) is 0 Å². The molecule has 1 aromatic rings. The maximum Gasteiger partial charge on any atom is 0.255 e. The molecule has 0 N–H and O–H groups in total. The molecule has 0 aromatic heterocycles. The zero-order valence-corrected chi connectivity index (χ0v) is 19.3. The van der Waals surface area contributed by atoms with Crippen LogP contribution in [-0.4, -0.2) is 59.0 Å². The Balaban J connectivity index is 1.51. The minimum Gasteiger partial charge on any atom is -0.497 e. The number of amides is 2. The Hall–Kier alpha value is -1.69. The lowest BCUT2D eigenvalue weighted by molar-refractivity contribution is -0.132. The number of ether oxygens (including phenoxy) is 1. The highest BCUT2D eigenvalue weighted by Gasteiger charge is 2.47. The molecule has 2 saturated heterocycles. The molecule has 0 saturated carbocycles. The fourth-order valence-corrected chi connectivity index (χ4v) is 6.00. The second-order valence-corrected chi connectivity index (χ2v) is 9.84. The summed E-state index contributed by atoms with van der Waals surface area (Å²) in [6.45, 7) is 4.50. The van der Waals surface area contributed by atoms with E-state index in [1.165, 1.54) is 25.7 Å². The van der Waals surface area contributed by atoms with Crippen molar-refractivity contribution in [1.82, 2.24) is 9.80 Å². The van der Waals surface area contributed by atoms with Crippen molar-refractivity contribution in [2.45, 2.75) is 69.6 Å². The second-order valence-electron chi connectivity index (χ2n) is 8.38. The first-order valence-electron chi connectivity index (χ1n) is 11.5. The number of unbranched alkanes of at least 4 members (excludes halogenated alkanes) is 5. The number of hydrogen-bond acceptors (Lipinski definition) is 4. The lowest BCUT2D eigenvalue weighted by atomic mass is 10.00. The number of benzene rings is 1. The Labute approximate surface area is 185 Å². The molecule has 5 nitrogen and oxygen atoms in total. The monoisotopic (exact) mass is 432 g/mol. The van der Waals surface area contributed by atoms with Crippen LogP contribution in [0.4, 0.5) is 0 Å². The zero-order valence-electron chi connectivity index (χ0n) is 18.5. The van der Waals surface area contributed by atoms with E-state index in [1.54, 1.807) is 7.11 Å². The minimum absolute atomic E-state index is 0.0748. The summed E-state index contributed by atoms with van der Waals surface area (Å²) in [7, 11) is 1.62. The number of hydrogen-bond donors (Lipinski definition) is 0. The topological polar surface area (TPSA) is 49.9 Å². The van der Waals surface area contributed by atoms with E-state index in [-0.39, 0.29) is 16.7 Å². The SMILES string of the molecule is CCCCCCCCC(=O)N1CCC2(CC1)SCCN2C(=O)c1cccc(OC)c1. The normalized spacial score (nSPS) is 18.1. The Kier molecular flexibility index (Phi) is 8.49. The Morgan fingerprint density at radius 1 is 1.07 bits per heavy atom. The second kappa shape index (κ2) is 11.1. The molecule has 30 heavy (non-hydrogen) atoms. The van der Waals surface area contributed by atoms with E-state index in [0.29, 0.717) is 17.7 Å². The highest BCUT2D eigenvalue weighted by Crippen LogP contribution is 2.44. The van der Waals surface area contributed by atoms with Crippen molar-refractivity contribution in [3.63, 3.8) is 0 Å². The summed E-state index contributed by atoms with van der Waals surface area (Å²) in [6.07, 6.45) is 9.60.